The van der Waals surface area contributed by atoms with Crippen molar-refractivity contribution in [3.05, 3.63) is 83.9 Å². The Kier molecular flexibility index (Phi) is 9.49. The van der Waals surface area contributed by atoms with E-state index in [4.69, 9.17) is 4.74 Å². The van der Waals surface area contributed by atoms with Crippen LogP contribution in [0, 0.1) is 0 Å². The van der Waals surface area contributed by atoms with Crippen molar-refractivity contribution in [3.63, 3.8) is 0 Å². The summed E-state index contributed by atoms with van der Waals surface area (Å²) in [5, 5.41) is 5.88. The Morgan fingerprint density at radius 1 is 0.923 bits per heavy atom. The fourth-order valence-electron chi connectivity index (χ4n) is 4.85. The van der Waals surface area contributed by atoms with Crippen molar-refractivity contribution in [1.29, 1.82) is 0 Å². The number of carbonyl (C=O) groups is 3. The van der Waals surface area contributed by atoms with Crippen LogP contribution in [0.3, 0.4) is 0 Å². The first-order valence-electron chi connectivity index (χ1n) is 13.6. The highest BCUT2D eigenvalue weighted by atomic mass is 16.6. The molecule has 0 spiro atoms. The Hall–Kier alpha value is -3.97. The fourth-order valence-corrected chi connectivity index (χ4v) is 4.85. The molecule has 1 aliphatic heterocycles. The number of piperidine rings is 1. The van der Waals surface area contributed by atoms with E-state index in [0.29, 0.717) is 17.7 Å². The number of nitrogens with one attached hydrogen (secondary N) is 2. The average Bonchev–Trinajstić information content (AvgIpc) is 2.93. The minimum absolute atomic E-state index is 0.0525. The summed E-state index contributed by atoms with van der Waals surface area (Å²) in [6.45, 7) is 1.99. The van der Waals surface area contributed by atoms with Crippen LogP contribution in [0.2, 0.25) is 0 Å². The molecule has 1 fully saturated rings. The van der Waals surface area contributed by atoms with Gasteiger partial charge in [-0.1, -0.05) is 42.5 Å². The number of likely N-dealkylation sites (tertiary alicyclic amines) is 1. The molecule has 39 heavy (non-hydrogen) atoms. The molecule has 3 aromatic carbocycles. The summed E-state index contributed by atoms with van der Waals surface area (Å²) in [5.41, 5.74) is 5.04. The van der Waals surface area contributed by atoms with Crippen molar-refractivity contribution >= 4 is 29.7 Å². The SMILES string of the molecule is C[N+]1(C)CCC(OC(=O)Nc2cc(CCCCC(=O)Nc3ccc(C=O)cc3)ccc2-c2ccccc2)CC1. The number of amides is 2. The van der Waals surface area contributed by atoms with Crippen LogP contribution in [-0.4, -0.2) is 56.1 Å². The van der Waals surface area contributed by atoms with Gasteiger partial charge in [0.15, 0.2) is 0 Å². The number of quaternary nitrogens is 1. The number of benzene rings is 3. The Labute approximate surface area is 230 Å². The Balaban J connectivity index is 1.33. The van der Waals surface area contributed by atoms with Crippen molar-refractivity contribution in [2.45, 2.75) is 44.6 Å². The predicted octanol–water partition coefficient (Wildman–Crippen LogP) is 6.30. The lowest BCUT2D eigenvalue weighted by Crippen LogP contribution is -2.48. The minimum atomic E-state index is -0.417. The summed E-state index contributed by atoms with van der Waals surface area (Å²) in [7, 11) is 4.41. The molecule has 0 bridgehead atoms. The quantitative estimate of drug-likeness (QED) is 0.184. The van der Waals surface area contributed by atoms with E-state index in [2.05, 4.69) is 30.8 Å². The molecule has 7 heteroatoms. The summed E-state index contributed by atoms with van der Waals surface area (Å²) < 4.78 is 6.74. The highest BCUT2D eigenvalue weighted by Crippen LogP contribution is 2.30. The van der Waals surface area contributed by atoms with Gasteiger partial charge >= 0.3 is 6.09 Å². The molecule has 3 aromatic rings. The van der Waals surface area contributed by atoms with Crippen LogP contribution in [0.4, 0.5) is 16.2 Å². The molecule has 7 nitrogen and oxygen atoms in total. The van der Waals surface area contributed by atoms with Gasteiger partial charge in [0.25, 0.3) is 0 Å². The number of ether oxygens (including phenoxy) is 1. The van der Waals surface area contributed by atoms with Crippen LogP contribution in [0.15, 0.2) is 72.8 Å². The first kappa shape index (κ1) is 28.0. The maximum absolute atomic E-state index is 12.9. The van der Waals surface area contributed by atoms with Crippen LogP contribution in [0.1, 0.15) is 48.0 Å². The van der Waals surface area contributed by atoms with E-state index in [0.717, 1.165) is 78.3 Å². The summed E-state index contributed by atoms with van der Waals surface area (Å²) >= 11 is 0. The predicted molar refractivity (Wildman–Crippen MR) is 155 cm³/mol. The first-order valence-corrected chi connectivity index (χ1v) is 13.6. The zero-order valence-corrected chi connectivity index (χ0v) is 22.8. The van der Waals surface area contributed by atoms with Crippen molar-refractivity contribution in [3.8, 4) is 11.1 Å². The minimum Gasteiger partial charge on any atom is -0.446 e. The second-order valence-electron chi connectivity index (χ2n) is 10.9. The number of aryl methyl sites for hydroxylation is 1. The van der Waals surface area contributed by atoms with Gasteiger partial charge in [-0.25, -0.2) is 4.79 Å². The highest BCUT2D eigenvalue weighted by Gasteiger charge is 2.28. The number of carbonyl (C=O) groups excluding carboxylic acids is 3. The summed E-state index contributed by atoms with van der Waals surface area (Å²) in [6.07, 6.45) is 4.79. The number of unbranched alkanes of at least 4 members (excludes halogenated alkanes) is 1. The maximum atomic E-state index is 12.9. The number of aldehydes is 1. The van der Waals surface area contributed by atoms with Crippen LogP contribution < -0.4 is 10.6 Å². The molecule has 1 aliphatic rings. The molecule has 2 amide bonds. The highest BCUT2D eigenvalue weighted by molar-refractivity contribution is 5.92. The zero-order chi connectivity index (χ0) is 27.7. The third-order valence-corrected chi connectivity index (χ3v) is 7.24. The molecule has 2 N–H and O–H groups in total. The van der Waals surface area contributed by atoms with Crippen molar-refractivity contribution in [2.75, 3.05) is 37.8 Å². The lowest BCUT2D eigenvalue weighted by atomic mass is 9.99. The fraction of sp³-hybridized carbons (Fsp3) is 0.344. The smallest absolute Gasteiger partial charge is 0.411 e. The van der Waals surface area contributed by atoms with E-state index >= 15 is 0 Å². The van der Waals surface area contributed by atoms with Crippen molar-refractivity contribution < 1.29 is 23.6 Å². The number of hydrogen-bond donors (Lipinski definition) is 2. The van der Waals surface area contributed by atoms with Gasteiger partial charge in [-0.3, -0.25) is 14.9 Å². The van der Waals surface area contributed by atoms with E-state index < -0.39 is 6.09 Å². The summed E-state index contributed by atoms with van der Waals surface area (Å²) in [5.74, 6) is -0.0525. The van der Waals surface area contributed by atoms with E-state index in [1.165, 1.54) is 0 Å². The van der Waals surface area contributed by atoms with Gasteiger partial charge in [-0.05, 0) is 60.7 Å². The molecule has 0 saturated carbocycles. The molecular formula is C32H38N3O4+. The van der Waals surface area contributed by atoms with Gasteiger partial charge in [-0.2, -0.15) is 0 Å². The third kappa shape index (κ3) is 8.52. The normalized spacial score (nSPS) is 14.8. The summed E-state index contributed by atoms with van der Waals surface area (Å²) in [4.78, 5) is 36.0. The molecule has 1 saturated heterocycles. The van der Waals surface area contributed by atoms with Gasteiger partial charge in [0.2, 0.25) is 5.91 Å². The second-order valence-corrected chi connectivity index (χ2v) is 10.9. The van der Waals surface area contributed by atoms with E-state index in [9.17, 15) is 14.4 Å². The molecular weight excluding hydrogens is 490 g/mol. The van der Waals surface area contributed by atoms with Crippen LogP contribution in [-0.2, 0) is 16.0 Å². The Morgan fingerprint density at radius 2 is 1.64 bits per heavy atom. The van der Waals surface area contributed by atoms with Crippen LogP contribution in [0.25, 0.3) is 11.1 Å². The first-order chi connectivity index (χ1) is 18.8. The van der Waals surface area contributed by atoms with Gasteiger partial charge in [-0.15, -0.1) is 0 Å². The monoisotopic (exact) mass is 528 g/mol. The van der Waals surface area contributed by atoms with Crippen LogP contribution in [0.5, 0.6) is 0 Å². The number of nitrogens with zero attached hydrogens (tertiary/aromatic N) is 1. The molecule has 1 heterocycles. The van der Waals surface area contributed by atoms with Gasteiger partial charge in [0.05, 0.1) is 32.9 Å². The van der Waals surface area contributed by atoms with E-state index in [1.54, 1.807) is 24.3 Å². The lowest BCUT2D eigenvalue weighted by molar-refractivity contribution is -0.896. The zero-order valence-electron chi connectivity index (χ0n) is 22.8. The van der Waals surface area contributed by atoms with Crippen molar-refractivity contribution in [1.82, 2.24) is 0 Å². The molecule has 4 rings (SSSR count). The van der Waals surface area contributed by atoms with Gasteiger partial charge in [0, 0.05) is 36.1 Å². The number of anilines is 2. The topological polar surface area (TPSA) is 84.5 Å². The average molecular weight is 529 g/mol. The lowest BCUT2D eigenvalue weighted by Gasteiger charge is -2.36. The Bertz CT molecular complexity index is 1260. The number of rotatable bonds is 10. The Morgan fingerprint density at radius 3 is 2.33 bits per heavy atom. The maximum Gasteiger partial charge on any atom is 0.411 e. The molecule has 0 atom stereocenters. The van der Waals surface area contributed by atoms with Gasteiger partial charge in [0.1, 0.15) is 12.4 Å². The molecule has 0 radical (unpaired) electrons. The van der Waals surface area contributed by atoms with E-state index in [-0.39, 0.29) is 12.0 Å². The molecule has 0 aromatic heterocycles. The van der Waals surface area contributed by atoms with E-state index in [1.807, 2.05) is 42.5 Å². The standard InChI is InChI=1S/C32H37N3O4/c1-35(2)20-18-28(19-21-35)39-32(38)34-30-22-24(14-17-29(30)26-9-4-3-5-10-26)8-6-7-11-31(37)33-27-15-12-25(23-36)13-16-27/h3-5,9-10,12-17,22-23,28H,6-8,11,18-21H2,1-2H3,(H-,33,34,36,37,38)/p+1. The summed E-state index contributed by atoms with van der Waals surface area (Å²) in [6, 6.07) is 22.9. The largest absolute Gasteiger partial charge is 0.446 e. The molecule has 0 unspecified atom stereocenters. The van der Waals surface area contributed by atoms with Gasteiger partial charge < -0.3 is 14.5 Å². The number of hydrogen-bond acceptors (Lipinski definition) is 4. The third-order valence-electron chi connectivity index (χ3n) is 7.24. The molecule has 204 valence electrons. The van der Waals surface area contributed by atoms with Crippen molar-refractivity contribution in [2.24, 2.45) is 0 Å². The van der Waals surface area contributed by atoms with Crippen LogP contribution >= 0.6 is 0 Å². The second kappa shape index (κ2) is 13.2. The molecule has 0 aliphatic carbocycles.